The van der Waals surface area contributed by atoms with Crippen LogP contribution in [0.25, 0.3) is 10.9 Å². The van der Waals surface area contributed by atoms with Crippen molar-refractivity contribution in [3.05, 3.63) is 95.6 Å². The number of fused-ring (bicyclic) bond motifs is 1. The first-order valence-electron chi connectivity index (χ1n) is 9.22. The minimum Gasteiger partial charge on any atom is -0.494 e. The lowest BCUT2D eigenvalue weighted by atomic mass is 10.0. The molecule has 0 amide bonds. The zero-order valence-corrected chi connectivity index (χ0v) is 17.2. The smallest absolute Gasteiger partial charge is 0.296 e. The molecule has 0 radical (unpaired) electrons. The maximum absolute atomic E-state index is 13.2. The third-order valence-electron chi connectivity index (χ3n) is 4.91. The second-order valence-corrected chi connectivity index (χ2v) is 8.41. The normalized spacial score (nSPS) is 11.5. The van der Waals surface area contributed by atoms with Crippen LogP contribution in [0.1, 0.15) is 26.3 Å². The van der Waals surface area contributed by atoms with Crippen molar-refractivity contribution in [2.45, 2.75) is 4.90 Å². The quantitative estimate of drug-likeness (QED) is 0.380. The Bertz CT molecular complexity index is 1410. The highest BCUT2D eigenvalue weighted by atomic mass is 32.2. The Kier molecular flexibility index (Phi) is 5.18. The van der Waals surface area contributed by atoms with Crippen LogP contribution in [0.3, 0.4) is 0 Å². The summed E-state index contributed by atoms with van der Waals surface area (Å²) < 4.78 is 30.0. The maximum Gasteiger partial charge on any atom is 0.296 e. The molecule has 7 nitrogen and oxygen atoms in total. The van der Waals surface area contributed by atoms with Gasteiger partial charge in [0.25, 0.3) is 16.0 Å². The molecule has 0 saturated carbocycles. The van der Waals surface area contributed by atoms with Crippen molar-refractivity contribution in [2.75, 3.05) is 7.11 Å². The van der Waals surface area contributed by atoms with E-state index >= 15 is 0 Å². The van der Waals surface area contributed by atoms with Crippen molar-refractivity contribution in [3.8, 4) is 5.88 Å². The molecule has 0 atom stereocenters. The first-order valence-corrected chi connectivity index (χ1v) is 10.6. The minimum absolute atomic E-state index is 0.119. The van der Waals surface area contributed by atoms with E-state index in [1.807, 2.05) is 0 Å². The fraction of sp³-hybridized carbons (Fsp3) is 0.0435. The van der Waals surface area contributed by atoms with E-state index in [0.29, 0.717) is 5.56 Å². The minimum atomic E-state index is -4.06. The largest absolute Gasteiger partial charge is 0.494 e. The Labute approximate surface area is 178 Å². The summed E-state index contributed by atoms with van der Waals surface area (Å²) in [6, 6.07) is 20.3. The van der Waals surface area contributed by atoms with Gasteiger partial charge in [-0.15, -0.1) is 0 Å². The van der Waals surface area contributed by atoms with E-state index in [0.717, 1.165) is 11.7 Å². The van der Waals surface area contributed by atoms with Crippen molar-refractivity contribution in [3.63, 3.8) is 0 Å². The van der Waals surface area contributed by atoms with E-state index < -0.39 is 27.7 Å². The summed E-state index contributed by atoms with van der Waals surface area (Å²) in [5.41, 5.74) is 0.602. The lowest BCUT2D eigenvalue weighted by Crippen LogP contribution is -2.11. The lowest BCUT2D eigenvalue weighted by Gasteiger charge is -2.06. The molecule has 0 fully saturated rings. The fourth-order valence-electron chi connectivity index (χ4n) is 3.38. The fourth-order valence-corrected chi connectivity index (χ4v) is 4.07. The second-order valence-electron chi connectivity index (χ2n) is 6.70. The Morgan fingerprint density at radius 1 is 0.871 bits per heavy atom. The molecule has 0 unspecified atom stereocenters. The molecule has 4 rings (SSSR count). The van der Waals surface area contributed by atoms with Gasteiger partial charge in [-0.05, 0) is 30.3 Å². The van der Waals surface area contributed by atoms with Crippen molar-refractivity contribution in [1.29, 1.82) is 0 Å². The average Bonchev–Trinajstić information content (AvgIpc) is 3.10. The predicted molar refractivity (Wildman–Crippen MR) is 114 cm³/mol. The number of ketones is 1. The van der Waals surface area contributed by atoms with E-state index in [4.69, 9.17) is 0 Å². The van der Waals surface area contributed by atoms with Crippen molar-refractivity contribution < 1.29 is 27.3 Å². The third kappa shape index (κ3) is 3.52. The van der Waals surface area contributed by atoms with Gasteiger partial charge in [0.05, 0.1) is 23.1 Å². The number of benzene rings is 3. The number of hydrogen-bond donors (Lipinski definition) is 1. The zero-order chi connectivity index (χ0) is 22.2. The molecule has 1 aromatic heterocycles. The molecule has 1 heterocycles. The number of carbonyl (C=O) groups excluding carboxylic acids is 2. The van der Waals surface area contributed by atoms with Crippen molar-refractivity contribution in [2.24, 2.45) is 0 Å². The van der Waals surface area contributed by atoms with Gasteiger partial charge < -0.3 is 5.11 Å². The summed E-state index contributed by atoms with van der Waals surface area (Å²) in [7, 11) is -3.03. The van der Waals surface area contributed by atoms with Gasteiger partial charge in [0.1, 0.15) is 0 Å². The molecule has 0 saturated heterocycles. The van der Waals surface area contributed by atoms with E-state index in [1.165, 1.54) is 18.2 Å². The summed E-state index contributed by atoms with van der Waals surface area (Å²) in [4.78, 5) is 26.2. The molecule has 156 valence electrons. The molecular formula is C23H17NO6S. The summed E-state index contributed by atoms with van der Waals surface area (Å²) >= 11 is 0. The molecule has 31 heavy (non-hydrogen) atoms. The highest BCUT2D eigenvalue weighted by Gasteiger charge is 2.28. The molecular weight excluding hydrogens is 418 g/mol. The first-order chi connectivity index (χ1) is 14.8. The third-order valence-corrected chi connectivity index (χ3v) is 6.18. The molecule has 0 aliphatic rings. The molecule has 0 aliphatic carbocycles. The highest BCUT2D eigenvalue weighted by molar-refractivity contribution is 7.86. The topological polar surface area (TPSA) is 103 Å². The van der Waals surface area contributed by atoms with Gasteiger partial charge in [-0.2, -0.15) is 8.42 Å². The van der Waals surface area contributed by atoms with Gasteiger partial charge in [0.2, 0.25) is 5.88 Å². The van der Waals surface area contributed by atoms with Gasteiger partial charge in [-0.3, -0.25) is 13.8 Å². The van der Waals surface area contributed by atoms with Crippen LogP contribution in [-0.2, 0) is 14.3 Å². The number of hydrogen-bond acceptors (Lipinski definition) is 6. The van der Waals surface area contributed by atoms with Crippen LogP contribution in [-0.4, -0.2) is 36.9 Å². The van der Waals surface area contributed by atoms with Crippen molar-refractivity contribution >= 4 is 32.7 Å². The molecule has 0 aliphatic heterocycles. The molecule has 3 aromatic carbocycles. The molecule has 4 aromatic rings. The van der Waals surface area contributed by atoms with Crippen LogP contribution in [0.2, 0.25) is 0 Å². The lowest BCUT2D eigenvalue weighted by molar-refractivity contribution is 0.0956. The van der Waals surface area contributed by atoms with Crippen LogP contribution in [0.4, 0.5) is 0 Å². The van der Waals surface area contributed by atoms with Gasteiger partial charge in [-0.1, -0.05) is 48.5 Å². The predicted octanol–water partition coefficient (Wildman–Crippen LogP) is 3.60. The van der Waals surface area contributed by atoms with Crippen molar-refractivity contribution in [1.82, 2.24) is 4.57 Å². The maximum atomic E-state index is 13.2. The Morgan fingerprint density at radius 2 is 1.45 bits per heavy atom. The molecule has 0 spiro atoms. The molecule has 1 N–H and O–H groups in total. The molecule has 8 heteroatoms. The highest BCUT2D eigenvalue weighted by Crippen LogP contribution is 2.35. The van der Waals surface area contributed by atoms with Gasteiger partial charge >= 0.3 is 0 Å². The van der Waals surface area contributed by atoms with Crippen LogP contribution >= 0.6 is 0 Å². The Balaban J connectivity index is 2.03. The van der Waals surface area contributed by atoms with E-state index in [-0.39, 0.29) is 26.9 Å². The van der Waals surface area contributed by atoms with E-state index in [2.05, 4.69) is 4.18 Å². The standard InChI is InChI=1S/C23H17NO6S/c1-30-31(28,29)17-12-13-19-18(14-17)20(21(25)15-8-4-2-5-9-15)23(27)24(19)22(26)16-10-6-3-7-11-16/h2-14,27H,1H3. The SMILES string of the molecule is COS(=O)(=O)c1ccc2c(c1)c(C(=O)c1ccccc1)c(O)n2C(=O)c1ccccc1. The van der Waals surface area contributed by atoms with Crippen LogP contribution in [0.15, 0.2) is 83.8 Å². The number of rotatable bonds is 5. The van der Waals surface area contributed by atoms with Crippen LogP contribution in [0.5, 0.6) is 5.88 Å². The summed E-state index contributed by atoms with van der Waals surface area (Å²) in [5, 5.41) is 11.1. The van der Waals surface area contributed by atoms with E-state index in [9.17, 15) is 23.1 Å². The van der Waals surface area contributed by atoms with Gasteiger partial charge in [0, 0.05) is 16.5 Å². The van der Waals surface area contributed by atoms with Crippen LogP contribution in [0, 0.1) is 0 Å². The summed E-state index contributed by atoms with van der Waals surface area (Å²) in [6.45, 7) is 0. The first kappa shape index (κ1) is 20.5. The van der Waals surface area contributed by atoms with Gasteiger partial charge in [0.15, 0.2) is 5.78 Å². The number of aromatic hydroxyl groups is 1. The number of aromatic nitrogens is 1. The molecule has 0 bridgehead atoms. The summed E-state index contributed by atoms with van der Waals surface area (Å²) in [6.07, 6.45) is 0. The Morgan fingerprint density at radius 3 is 2.03 bits per heavy atom. The average molecular weight is 435 g/mol. The number of carbonyl (C=O) groups is 2. The van der Waals surface area contributed by atoms with Gasteiger partial charge in [-0.25, -0.2) is 4.57 Å². The van der Waals surface area contributed by atoms with E-state index in [1.54, 1.807) is 60.7 Å². The summed E-state index contributed by atoms with van der Waals surface area (Å²) in [5.74, 6) is -1.67. The Hall–Kier alpha value is -3.75. The van der Waals surface area contributed by atoms with Crippen LogP contribution < -0.4 is 0 Å². The monoisotopic (exact) mass is 435 g/mol. The second kappa shape index (κ2) is 7.82. The zero-order valence-electron chi connectivity index (χ0n) is 16.3. The number of nitrogens with zero attached hydrogens (tertiary/aromatic N) is 1.